The van der Waals surface area contributed by atoms with Gasteiger partial charge in [-0.3, -0.25) is 9.69 Å². The van der Waals surface area contributed by atoms with Crippen molar-refractivity contribution >= 4 is 17.2 Å². The van der Waals surface area contributed by atoms with E-state index in [9.17, 15) is 4.79 Å². The molecular weight excluding hydrogens is 320 g/mol. The molecule has 24 heavy (non-hydrogen) atoms. The van der Waals surface area contributed by atoms with Gasteiger partial charge in [0.2, 0.25) is 5.91 Å². The van der Waals surface area contributed by atoms with Crippen LogP contribution in [0.25, 0.3) is 0 Å². The van der Waals surface area contributed by atoms with Crippen molar-refractivity contribution in [2.24, 2.45) is 0 Å². The van der Waals surface area contributed by atoms with Gasteiger partial charge in [-0.15, -0.1) is 11.3 Å². The fourth-order valence-corrected chi connectivity index (χ4v) is 3.72. The molecule has 3 rings (SSSR count). The molecule has 1 aliphatic heterocycles. The standard InChI is InChI=1S/C19H24N2O2S/c1-20(15-18-8-5-11-24-18)19(22)12-17-14-21(9-10-23-17)13-16-6-3-2-4-7-16/h2-8,11,17H,9-10,12-15H2,1H3/t17-/m1/s1. The van der Waals surface area contributed by atoms with Crippen molar-refractivity contribution in [3.8, 4) is 0 Å². The summed E-state index contributed by atoms with van der Waals surface area (Å²) in [7, 11) is 1.87. The number of carbonyl (C=O) groups excluding carboxylic acids is 1. The van der Waals surface area contributed by atoms with Crippen LogP contribution in [0.2, 0.25) is 0 Å². The number of hydrogen-bond acceptors (Lipinski definition) is 4. The molecular formula is C19H24N2O2S. The molecule has 4 nitrogen and oxygen atoms in total. The highest BCUT2D eigenvalue weighted by Gasteiger charge is 2.24. The van der Waals surface area contributed by atoms with E-state index in [0.29, 0.717) is 19.6 Å². The molecule has 0 radical (unpaired) electrons. The van der Waals surface area contributed by atoms with Crippen LogP contribution in [-0.4, -0.2) is 48.6 Å². The molecule has 0 bridgehead atoms. The molecule has 0 spiro atoms. The Balaban J connectivity index is 1.48. The Kier molecular flexibility index (Phi) is 6.01. The van der Waals surface area contributed by atoms with Gasteiger partial charge < -0.3 is 9.64 Å². The van der Waals surface area contributed by atoms with Crippen LogP contribution in [0.4, 0.5) is 0 Å². The fourth-order valence-electron chi connectivity index (χ4n) is 2.96. The summed E-state index contributed by atoms with van der Waals surface area (Å²) in [5.41, 5.74) is 1.30. The van der Waals surface area contributed by atoms with E-state index in [2.05, 4.69) is 35.2 Å². The predicted molar refractivity (Wildman–Crippen MR) is 96.9 cm³/mol. The maximum atomic E-state index is 12.4. The van der Waals surface area contributed by atoms with Crippen molar-refractivity contribution in [3.63, 3.8) is 0 Å². The Labute approximate surface area is 147 Å². The van der Waals surface area contributed by atoms with Gasteiger partial charge in [-0.05, 0) is 17.0 Å². The first-order valence-electron chi connectivity index (χ1n) is 8.35. The van der Waals surface area contributed by atoms with Crippen LogP contribution in [0.5, 0.6) is 0 Å². The van der Waals surface area contributed by atoms with E-state index in [4.69, 9.17) is 4.74 Å². The quantitative estimate of drug-likeness (QED) is 0.808. The summed E-state index contributed by atoms with van der Waals surface area (Å²) in [5, 5.41) is 2.04. The lowest BCUT2D eigenvalue weighted by Gasteiger charge is -2.33. The lowest BCUT2D eigenvalue weighted by atomic mass is 10.1. The van der Waals surface area contributed by atoms with Crippen LogP contribution in [0.3, 0.4) is 0 Å². The second kappa shape index (κ2) is 8.42. The number of ether oxygens (including phenoxy) is 1. The van der Waals surface area contributed by atoms with Crippen LogP contribution in [0, 0.1) is 0 Å². The predicted octanol–water partition coefficient (Wildman–Crippen LogP) is 3.00. The maximum absolute atomic E-state index is 12.4. The van der Waals surface area contributed by atoms with Crippen molar-refractivity contribution in [1.82, 2.24) is 9.80 Å². The van der Waals surface area contributed by atoms with Crippen molar-refractivity contribution in [1.29, 1.82) is 0 Å². The van der Waals surface area contributed by atoms with Gasteiger partial charge >= 0.3 is 0 Å². The number of rotatable bonds is 6. The number of thiophene rings is 1. The summed E-state index contributed by atoms with van der Waals surface area (Å²) in [6.07, 6.45) is 0.438. The van der Waals surface area contributed by atoms with Gasteiger partial charge in [-0.2, -0.15) is 0 Å². The summed E-state index contributed by atoms with van der Waals surface area (Å²) < 4.78 is 5.82. The van der Waals surface area contributed by atoms with Gasteiger partial charge in [0.05, 0.1) is 25.7 Å². The molecule has 0 aliphatic carbocycles. The monoisotopic (exact) mass is 344 g/mol. The molecule has 2 heterocycles. The smallest absolute Gasteiger partial charge is 0.225 e. The van der Waals surface area contributed by atoms with Gasteiger partial charge in [0.1, 0.15) is 0 Å². The Morgan fingerprint density at radius 1 is 1.29 bits per heavy atom. The maximum Gasteiger partial charge on any atom is 0.225 e. The molecule has 128 valence electrons. The van der Waals surface area contributed by atoms with Crippen LogP contribution >= 0.6 is 11.3 Å². The third kappa shape index (κ3) is 4.90. The normalized spacial score (nSPS) is 18.5. The number of nitrogens with zero attached hydrogens (tertiary/aromatic N) is 2. The van der Waals surface area contributed by atoms with Crippen molar-refractivity contribution in [2.45, 2.75) is 25.6 Å². The molecule has 5 heteroatoms. The second-order valence-corrected chi connectivity index (χ2v) is 7.28. The molecule has 1 aromatic heterocycles. The second-order valence-electron chi connectivity index (χ2n) is 6.25. The summed E-state index contributed by atoms with van der Waals surface area (Å²) in [5.74, 6) is 0.148. The van der Waals surface area contributed by atoms with Crippen molar-refractivity contribution in [3.05, 3.63) is 58.3 Å². The average molecular weight is 344 g/mol. The van der Waals surface area contributed by atoms with Crippen molar-refractivity contribution in [2.75, 3.05) is 26.7 Å². The summed E-state index contributed by atoms with van der Waals surface area (Å²) in [6, 6.07) is 14.5. The Bertz CT molecular complexity index is 630. The molecule has 1 aromatic carbocycles. The van der Waals surface area contributed by atoms with Gasteiger partial charge in [-0.25, -0.2) is 0 Å². The molecule has 1 saturated heterocycles. The van der Waals surface area contributed by atoms with Gasteiger partial charge in [-0.1, -0.05) is 36.4 Å². The van der Waals surface area contributed by atoms with Crippen LogP contribution in [-0.2, 0) is 22.6 Å². The minimum atomic E-state index is -0.0132. The zero-order valence-electron chi connectivity index (χ0n) is 14.1. The number of amides is 1. The Morgan fingerprint density at radius 3 is 2.88 bits per heavy atom. The van der Waals surface area contributed by atoms with Gasteiger partial charge in [0.15, 0.2) is 0 Å². The number of benzene rings is 1. The highest BCUT2D eigenvalue weighted by molar-refractivity contribution is 7.09. The minimum Gasteiger partial charge on any atom is -0.375 e. The fraction of sp³-hybridized carbons (Fsp3) is 0.421. The van der Waals surface area contributed by atoms with Crippen LogP contribution in [0.1, 0.15) is 16.9 Å². The molecule has 1 fully saturated rings. The average Bonchev–Trinajstić information content (AvgIpc) is 3.09. The molecule has 0 unspecified atom stereocenters. The molecule has 1 amide bonds. The Hall–Kier alpha value is -1.69. The largest absolute Gasteiger partial charge is 0.375 e. The van der Waals surface area contributed by atoms with E-state index in [1.165, 1.54) is 10.4 Å². The van der Waals surface area contributed by atoms with Crippen LogP contribution in [0.15, 0.2) is 47.8 Å². The molecule has 0 N–H and O–H groups in total. The molecule has 1 aliphatic rings. The minimum absolute atomic E-state index is 0.0132. The summed E-state index contributed by atoms with van der Waals surface area (Å²) in [6.45, 7) is 4.02. The third-order valence-corrected chi connectivity index (χ3v) is 5.13. The first-order chi connectivity index (χ1) is 11.7. The molecule has 1 atom stereocenters. The van der Waals surface area contributed by atoms with Gasteiger partial charge in [0, 0.05) is 31.6 Å². The lowest BCUT2D eigenvalue weighted by Crippen LogP contribution is -2.44. The van der Waals surface area contributed by atoms with E-state index < -0.39 is 0 Å². The van der Waals surface area contributed by atoms with Gasteiger partial charge in [0.25, 0.3) is 0 Å². The van der Waals surface area contributed by atoms with E-state index in [1.54, 1.807) is 16.2 Å². The molecule has 2 aromatic rings. The number of carbonyl (C=O) groups is 1. The van der Waals surface area contributed by atoms with E-state index in [-0.39, 0.29) is 12.0 Å². The lowest BCUT2D eigenvalue weighted by molar-refractivity contribution is -0.135. The van der Waals surface area contributed by atoms with Crippen LogP contribution < -0.4 is 0 Å². The SMILES string of the molecule is CN(Cc1cccs1)C(=O)C[C@@H]1CN(Cc2ccccc2)CCO1. The molecule has 0 saturated carbocycles. The third-order valence-electron chi connectivity index (χ3n) is 4.27. The zero-order valence-corrected chi connectivity index (χ0v) is 14.9. The zero-order chi connectivity index (χ0) is 16.8. The first kappa shape index (κ1) is 17.1. The van der Waals surface area contributed by atoms with E-state index in [0.717, 1.165) is 19.6 Å². The highest BCUT2D eigenvalue weighted by atomic mass is 32.1. The number of morpholine rings is 1. The number of hydrogen-bond donors (Lipinski definition) is 0. The Morgan fingerprint density at radius 2 is 2.12 bits per heavy atom. The van der Waals surface area contributed by atoms with E-state index in [1.807, 2.05) is 24.6 Å². The van der Waals surface area contributed by atoms with E-state index >= 15 is 0 Å². The highest BCUT2D eigenvalue weighted by Crippen LogP contribution is 2.15. The first-order valence-corrected chi connectivity index (χ1v) is 9.23. The topological polar surface area (TPSA) is 32.8 Å². The summed E-state index contributed by atoms with van der Waals surface area (Å²) >= 11 is 1.68. The summed E-state index contributed by atoms with van der Waals surface area (Å²) in [4.78, 5) is 17.8. The van der Waals surface area contributed by atoms with Crippen molar-refractivity contribution < 1.29 is 9.53 Å².